The Morgan fingerprint density at radius 1 is 1.00 bits per heavy atom. The number of imidazole rings is 1. The maximum atomic E-state index is 12.9. The Morgan fingerprint density at radius 2 is 1.72 bits per heavy atom. The summed E-state index contributed by atoms with van der Waals surface area (Å²) < 4.78 is 1.85. The predicted octanol–water partition coefficient (Wildman–Crippen LogP) is 2.04. The van der Waals surface area contributed by atoms with Crippen molar-refractivity contribution in [3.63, 3.8) is 0 Å². The number of carbonyl (C=O) groups is 2. The molecule has 7 heteroatoms. The van der Waals surface area contributed by atoms with Crippen molar-refractivity contribution in [3.05, 3.63) is 66.1 Å². The average Bonchev–Trinajstić information content (AvgIpc) is 3.23. The fraction of sp³-hybridized carbons (Fsp3) is 0.318. The number of hydrogen-bond donors (Lipinski definition) is 0. The van der Waals surface area contributed by atoms with Crippen molar-refractivity contribution in [2.75, 3.05) is 51.7 Å². The molecule has 1 amide bonds. The molecule has 0 aliphatic carbocycles. The minimum atomic E-state index is -0.00736. The normalized spacial score (nSPS) is 14.9. The Hall–Kier alpha value is -3.19. The van der Waals surface area contributed by atoms with Crippen LogP contribution in [0.2, 0.25) is 0 Å². The van der Waals surface area contributed by atoms with E-state index in [1.807, 2.05) is 77.1 Å². The summed E-state index contributed by atoms with van der Waals surface area (Å²) in [5, 5.41) is 0. The Balaban J connectivity index is 1.35. The van der Waals surface area contributed by atoms with Gasteiger partial charge in [-0.2, -0.15) is 0 Å². The molecule has 3 aromatic rings. The number of aromatic nitrogens is 2. The minimum Gasteiger partial charge on any atom is -0.378 e. The molecule has 0 N–H and O–H groups in total. The summed E-state index contributed by atoms with van der Waals surface area (Å²) in [4.78, 5) is 35.8. The molecule has 1 aliphatic heterocycles. The third-order valence-corrected chi connectivity index (χ3v) is 5.38. The lowest BCUT2D eigenvalue weighted by molar-refractivity contribution is 0.0625. The molecule has 4 rings (SSSR count). The maximum absolute atomic E-state index is 12.9. The summed E-state index contributed by atoms with van der Waals surface area (Å²) in [7, 11) is 3.95. The van der Waals surface area contributed by atoms with Crippen LogP contribution < -0.4 is 4.90 Å². The molecule has 0 saturated carbocycles. The average molecular weight is 391 g/mol. The molecule has 0 atom stereocenters. The minimum absolute atomic E-state index is 0.00736. The first kappa shape index (κ1) is 19.1. The highest BCUT2D eigenvalue weighted by atomic mass is 16.2. The third kappa shape index (κ3) is 4.00. The second-order valence-electron chi connectivity index (χ2n) is 7.51. The molecule has 1 aliphatic rings. The lowest BCUT2D eigenvalue weighted by Gasteiger charge is -2.34. The summed E-state index contributed by atoms with van der Waals surface area (Å²) >= 11 is 0. The van der Waals surface area contributed by atoms with Gasteiger partial charge in [-0.3, -0.25) is 14.5 Å². The van der Waals surface area contributed by atoms with Gasteiger partial charge in [-0.05, 0) is 36.4 Å². The second-order valence-corrected chi connectivity index (χ2v) is 7.51. The number of hydrogen-bond acceptors (Lipinski definition) is 5. The summed E-state index contributed by atoms with van der Waals surface area (Å²) in [6.45, 7) is 2.95. The van der Waals surface area contributed by atoms with E-state index in [-0.39, 0.29) is 11.7 Å². The van der Waals surface area contributed by atoms with Crippen LogP contribution in [0.25, 0.3) is 5.65 Å². The molecule has 0 radical (unpaired) electrons. The fourth-order valence-corrected chi connectivity index (χ4v) is 3.63. The molecule has 29 heavy (non-hydrogen) atoms. The molecule has 0 bridgehead atoms. The zero-order valence-corrected chi connectivity index (χ0v) is 16.8. The van der Waals surface area contributed by atoms with E-state index in [0.29, 0.717) is 43.9 Å². The van der Waals surface area contributed by atoms with Crippen LogP contribution in [0.3, 0.4) is 0 Å². The van der Waals surface area contributed by atoms with Crippen molar-refractivity contribution in [2.45, 2.75) is 0 Å². The van der Waals surface area contributed by atoms with E-state index in [4.69, 9.17) is 0 Å². The monoisotopic (exact) mass is 391 g/mol. The maximum Gasteiger partial charge on any atom is 0.257 e. The smallest absolute Gasteiger partial charge is 0.257 e. The largest absolute Gasteiger partial charge is 0.378 e. The highest BCUT2D eigenvalue weighted by molar-refractivity contribution is 6.00. The molecule has 7 nitrogen and oxygen atoms in total. The van der Waals surface area contributed by atoms with Gasteiger partial charge in [-0.25, -0.2) is 4.98 Å². The highest BCUT2D eigenvalue weighted by Gasteiger charge is 2.25. The SMILES string of the molecule is CN(C)c1ccc(C(=O)CN2CCN(C(=O)c3cccn4ccnc34)CC2)cc1. The first-order valence-electron chi connectivity index (χ1n) is 9.77. The first-order chi connectivity index (χ1) is 14.0. The molecule has 1 fully saturated rings. The van der Waals surface area contributed by atoms with Crippen LogP contribution in [0.4, 0.5) is 5.69 Å². The quantitative estimate of drug-likeness (QED) is 0.623. The number of carbonyl (C=O) groups excluding carboxylic acids is 2. The van der Waals surface area contributed by atoms with Crippen molar-refractivity contribution in [1.29, 1.82) is 0 Å². The Labute approximate surface area is 170 Å². The molecule has 0 unspecified atom stereocenters. The van der Waals surface area contributed by atoms with E-state index in [9.17, 15) is 9.59 Å². The summed E-state index contributed by atoms with van der Waals surface area (Å²) in [5.41, 5.74) is 3.08. The van der Waals surface area contributed by atoms with Crippen LogP contribution in [-0.2, 0) is 0 Å². The van der Waals surface area contributed by atoms with Gasteiger partial charge < -0.3 is 14.2 Å². The molecule has 150 valence electrons. The zero-order valence-electron chi connectivity index (χ0n) is 16.8. The van der Waals surface area contributed by atoms with Crippen molar-refractivity contribution < 1.29 is 9.59 Å². The molecular weight excluding hydrogens is 366 g/mol. The third-order valence-electron chi connectivity index (χ3n) is 5.38. The zero-order chi connectivity index (χ0) is 20.4. The van der Waals surface area contributed by atoms with Gasteiger partial charge in [0.05, 0.1) is 12.1 Å². The topological polar surface area (TPSA) is 61.2 Å². The second kappa shape index (κ2) is 8.05. The Bertz CT molecular complexity index is 1020. The van der Waals surface area contributed by atoms with E-state index in [2.05, 4.69) is 9.88 Å². The molecule has 3 heterocycles. The number of pyridine rings is 1. The number of nitrogens with zero attached hydrogens (tertiary/aromatic N) is 5. The molecule has 0 spiro atoms. The molecule has 1 aromatic carbocycles. The van der Waals surface area contributed by atoms with Crippen LogP contribution in [0.15, 0.2) is 55.0 Å². The van der Waals surface area contributed by atoms with Gasteiger partial charge in [0.1, 0.15) is 5.65 Å². The van der Waals surface area contributed by atoms with Gasteiger partial charge >= 0.3 is 0 Å². The molecule has 1 saturated heterocycles. The van der Waals surface area contributed by atoms with Crippen molar-refractivity contribution >= 4 is 23.0 Å². The van der Waals surface area contributed by atoms with Crippen LogP contribution >= 0.6 is 0 Å². The number of Topliss-reactive ketones (excluding diaryl/α,β-unsaturated/α-hetero) is 1. The van der Waals surface area contributed by atoms with Gasteiger partial charge in [-0.15, -0.1) is 0 Å². The highest BCUT2D eigenvalue weighted by Crippen LogP contribution is 2.15. The van der Waals surface area contributed by atoms with Crippen LogP contribution in [-0.4, -0.2) is 77.7 Å². The Morgan fingerprint density at radius 3 is 2.41 bits per heavy atom. The molecule has 2 aromatic heterocycles. The number of piperazine rings is 1. The van der Waals surface area contributed by atoms with E-state index < -0.39 is 0 Å². The summed E-state index contributed by atoms with van der Waals surface area (Å²) in [5.74, 6) is 0.101. The van der Waals surface area contributed by atoms with Crippen molar-refractivity contribution in [3.8, 4) is 0 Å². The van der Waals surface area contributed by atoms with E-state index in [1.54, 1.807) is 6.20 Å². The van der Waals surface area contributed by atoms with Crippen molar-refractivity contribution in [1.82, 2.24) is 19.2 Å². The summed E-state index contributed by atoms with van der Waals surface area (Å²) in [6.07, 6.45) is 5.41. The summed E-state index contributed by atoms with van der Waals surface area (Å²) in [6, 6.07) is 11.3. The van der Waals surface area contributed by atoms with E-state index in [0.717, 1.165) is 11.3 Å². The fourth-order valence-electron chi connectivity index (χ4n) is 3.63. The van der Waals surface area contributed by atoms with Crippen LogP contribution in [0, 0.1) is 0 Å². The van der Waals surface area contributed by atoms with Crippen molar-refractivity contribution in [2.24, 2.45) is 0 Å². The first-order valence-corrected chi connectivity index (χ1v) is 9.77. The number of benzene rings is 1. The van der Waals surface area contributed by atoms with Crippen LogP contribution in [0.5, 0.6) is 0 Å². The van der Waals surface area contributed by atoms with Gasteiger partial charge in [0.25, 0.3) is 5.91 Å². The Kier molecular flexibility index (Phi) is 5.31. The number of ketones is 1. The lowest BCUT2D eigenvalue weighted by atomic mass is 10.1. The van der Waals surface area contributed by atoms with E-state index in [1.165, 1.54) is 0 Å². The number of anilines is 1. The van der Waals surface area contributed by atoms with Gasteiger partial charge in [-0.1, -0.05) is 0 Å². The van der Waals surface area contributed by atoms with Gasteiger partial charge in [0, 0.05) is 70.1 Å². The van der Waals surface area contributed by atoms with Gasteiger partial charge in [0.2, 0.25) is 0 Å². The van der Waals surface area contributed by atoms with E-state index >= 15 is 0 Å². The standard InChI is InChI=1S/C22H25N5O2/c1-24(2)18-7-5-17(6-8-18)20(28)16-25-12-14-27(15-13-25)22(29)19-4-3-10-26-11-9-23-21(19)26/h3-11H,12-16H2,1-2H3. The number of amides is 1. The van der Waals surface area contributed by atoms with Crippen LogP contribution in [0.1, 0.15) is 20.7 Å². The number of rotatable bonds is 5. The lowest BCUT2D eigenvalue weighted by Crippen LogP contribution is -2.50. The predicted molar refractivity (Wildman–Crippen MR) is 113 cm³/mol. The molecular formula is C22H25N5O2. The van der Waals surface area contributed by atoms with Gasteiger partial charge in [0.15, 0.2) is 5.78 Å². The number of fused-ring (bicyclic) bond motifs is 1.